The Hall–Kier alpha value is -2.16. The number of unbranched alkanes of at least 4 members (excludes halogenated alkanes) is 3. The van der Waals surface area contributed by atoms with Gasteiger partial charge < -0.3 is 0 Å². The van der Waals surface area contributed by atoms with E-state index in [9.17, 15) is 70.7 Å². The van der Waals surface area contributed by atoms with Crippen LogP contribution in [0.15, 0.2) is 24.3 Å². The number of alkyl halides is 15. The molecule has 0 N–H and O–H groups in total. The number of aryl methyl sites for hydroxylation is 1. The molecule has 1 aromatic carbocycles. The molecule has 50 heavy (non-hydrogen) atoms. The standard InChI is InChI=1S/C34H41F15O/c1-2-3-4-5-6-21-9-15-24(16-10-21)25-17-11-22(12-18-25)7-8-23-13-19-26(20-14-23)27(50)28(35,36)29(37,38)30(39,40)31(41,42)32(43,44)33(45,46)34(47,48)49/h13-14,19-22,24-25H,2-12,15-18H2,1H3. The number of carbonyl (C=O) groups excluding carboxylic acids is 1. The molecular formula is C34H41F15O. The van der Waals surface area contributed by atoms with Crippen molar-refractivity contribution in [1.29, 1.82) is 0 Å². The minimum atomic E-state index is -8.43. The lowest BCUT2D eigenvalue weighted by molar-refractivity contribution is -0.449. The summed E-state index contributed by atoms with van der Waals surface area (Å²) in [5, 5.41) is 0. The second-order valence-electron chi connectivity index (χ2n) is 13.9. The number of rotatable bonds is 16. The first kappa shape index (κ1) is 42.3. The number of halogens is 15. The topological polar surface area (TPSA) is 17.1 Å². The van der Waals surface area contributed by atoms with Crippen molar-refractivity contribution >= 4 is 5.78 Å². The van der Waals surface area contributed by atoms with Gasteiger partial charge in [-0.1, -0.05) is 89.0 Å². The summed E-state index contributed by atoms with van der Waals surface area (Å²) in [6, 6.07) is 2.94. The fraction of sp³-hybridized carbons (Fsp3) is 0.794. The van der Waals surface area contributed by atoms with Gasteiger partial charge in [-0.05, 0) is 67.8 Å². The largest absolute Gasteiger partial charge is 0.460 e. The molecular weight excluding hydrogens is 709 g/mol. The van der Waals surface area contributed by atoms with Gasteiger partial charge in [0.2, 0.25) is 5.78 Å². The summed E-state index contributed by atoms with van der Waals surface area (Å²) in [7, 11) is 0. The first-order chi connectivity index (χ1) is 22.9. The monoisotopic (exact) mass is 750 g/mol. The van der Waals surface area contributed by atoms with Crippen LogP contribution in [0.2, 0.25) is 0 Å². The minimum Gasteiger partial charge on any atom is -0.287 e. The third-order valence-corrected chi connectivity index (χ3v) is 10.6. The number of hydrogen-bond acceptors (Lipinski definition) is 1. The van der Waals surface area contributed by atoms with E-state index in [4.69, 9.17) is 0 Å². The lowest BCUT2D eigenvalue weighted by atomic mass is 9.68. The summed E-state index contributed by atoms with van der Waals surface area (Å²) in [5.41, 5.74) is -1.05. The number of carbonyl (C=O) groups is 1. The summed E-state index contributed by atoms with van der Waals surface area (Å²) in [6.45, 7) is 2.19. The Kier molecular flexibility index (Phi) is 13.0. The van der Waals surface area contributed by atoms with Gasteiger partial charge in [0.05, 0.1) is 0 Å². The van der Waals surface area contributed by atoms with E-state index in [1.165, 1.54) is 57.8 Å². The van der Waals surface area contributed by atoms with Crippen LogP contribution in [-0.4, -0.2) is 47.5 Å². The zero-order valence-electron chi connectivity index (χ0n) is 27.3. The van der Waals surface area contributed by atoms with Crippen LogP contribution in [0.3, 0.4) is 0 Å². The zero-order chi connectivity index (χ0) is 38.0. The van der Waals surface area contributed by atoms with E-state index < -0.39 is 53.1 Å². The van der Waals surface area contributed by atoms with Gasteiger partial charge in [-0.3, -0.25) is 4.79 Å². The number of ketones is 1. The summed E-state index contributed by atoms with van der Waals surface area (Å²) in [5.74, 6) is -48.8. The van der Waals surface area contributed by atoms with Gasteiger partial charge >= 0.3 is 41.7 Å². The quantitative estimate of drug-likeness (QED) is 0.0934. The molecule has 3 rings (SSSR count). The molecule has 0 unspecified atom stereocenters. The van der Waals surface area contributed by atoms with Crippen LogP contribution >= 0.6 is 0 Å². The minimum absolute atomic E-state index is 0.317. The van der Waals surface area contributed by atoms with Crippen LogP contribution in [0.1, 0.15) is 113 Å². The highest BCUT2D eigenvalue weighted by atomic mass is 19.4. The molecule has 2 saturated carbocycles. The highest BCUT2D eigenvalue weighted by Crippen LogP contribution is 2.62. The second-order valence-corrected chi connectivity index (χ2v) is 13.9. The Morgan fingerprint density at radius 2 is 0.960 bits per heavy atom. The lowest BCUT2D eigenvalue weighted by Gasteiger charge is -2.41. The van der Waals surface area contributed by atoms with Crippen LogP contribution < -0.4 is 0 Å². The molecule has 2 fully saturated rings. The predicted molar refractivity (Wildman–Crippen MR) is 154 cm³/mol. The molecule has 16 heteroatoms. The molecule has 0 amide bonds. The first-order valence-corrected chi connectivity index (χ1v) is 16.8. The maximum atomic E-state index is 14.4. The average Bonchev–Trinajstić information content (AvgIpc) is 3.05. The third-order valence-electron chi connectivity index (χ3n) is 10.6. The Morgan fingerprint density at radius 1 is 0.540 bits per heavy atom. The fourth-order valence-electron chi connectivity index (χ4n) is 7.24. The van der Waals surface area contributed by atoms with Gasteiger partial charge in [-0.25, -0.2) is 0 Å². The van der Waals surface area contributed by atoms with Crippen LogP contribution in [0.5, 0.6) is 0 Å². The van der Waals surface area contributed by atoms with Crippen molar-refractivity contribution in [3.63, 3.8) is 0 Å². The summed E-state index contributed by atoms with van der Waals surface area (Å²) in [6.07, 6.45) is 8.59. The Morgan fingerprint density at radius 3 is 1.40 bits per heavy atom. The maximum Gasteiger partial charge on any atom is 0.460 e. The maximum absolute atomic E-state index is 14.4. The van der Waals surface area contributed by atoms with E-state index in [0.717, 1.165) is 43.7 Å². The SMILES string of the molecule is CCCCCCC1CCC(C2CCC(CCc3ccc(C(=O)C(F)(F)C(F)(F)C(F)(F)C(F)(F)C(F)(F)C(F)(F)C(F)(F)F)cc3)CC2)CC1. The summed E-state index contributed by atoms with van der Waals surface area (Å²) < 4.78 is 203. The van der Waals surface area contributed by atoms with E-state index in [1.54, 1.807) is 0 Å². The van der Waals surface area contributed by atoms with Crippen molar-refractivity contribution in [3.05, 3.63) is 35.4 Å². The normalized spacial score (nSPS) is 23.6. The Bertz CT molecular complexity index is 1240. The lowest BCUT2D eigenvalue weighted by Crippen LogP contribution is -2.73. The van der Waals surface area contributed by atoms with Crippen LogP contribution in [-0.2, 0) is 6.42 Å². The smallest absolute Gasteiger partial charge is 0.287 e. The van der Waals surface area contributed by atoms with E-state index in [2.05, 4.69) is 6.92 Å². The van der Waals surface area contributed by atoms with Crippen molar-refractivity contribution in [2.75, 3.05) is 0 Å². The molecule has 0 spiro atoms. The van der Waals surface area contributed by atoms with Crippen molar-refractivity contribution in [1.82, 2.24) is 0 Å². The van der Waals surface area contributed by atoms with Gasteiger partial charge in [0.1, 0.15) is 0 Å². The van der Waals surface area contributed by atoms with Crippen molar-refractivity contribution in [3.8, 4) is 0 Å². The third kappa shape index (κ3) is 8.07. The van der Waals surface area contributed by atoms with E-state index in [-0.39, 0.29) is 0 Å². The molecule has 0 saturated heterocycles. The molecule has 0 atom stereocenters. The summed E-state index contributed by atoms with van der Waals surface area (Å²) in [4.78, 5) is 12.1. The van der Waals surface area contributed by atoms with Crippen LogP contribution in [0, 0.1) is 23.7 Å². The molecule has 0 aromatic heterocycles. The molecule has 0 radical (unpaired) electrons. The van der Waals surface area contributed by atoms with Crippen molar-refractivity contribution in [2.45, 2.75) is 145 Å². The highest BCUT2D eigenvalue weighted by Gasteiger charge is 2.94. The predicted octanol–water partition coefficient (Wildman–Crippen LogP) is 12.8. The Labute approximate surface area is 280 Å². The number of benzene rings is 1. The fourth-order valence-corrected chi connectivity index (χ4v) is 7.24. The molecule has 288 valence electrons. The summed E-state index contributed by atoms with van der Waals surface area (Å²) >= 11 is 0. The van der Waals surface area contributed by atoms with Crippen molar-refractivity contribution in [2.24, 2.45) is 23.7 Å². The molecule has 0 heterocycles. The van der Waals surface area contributed by atoms with Crippen LogP contribution in [0.25, 0.3) is 0 Å². The molecule has 1 nitrogen and oxygen atoms in total. The van der Waals surface area contributed by atoms with Gasteiger partial charge in [0, 0.05) is 5.56 Å². The Balaban J connectivity index is 1.57. The van der Waals surface area contributed by atoms with Gasteiger partial charge in [-0.2, -0.15) is 65.9 Å². The zero-order valence-corrected chi connectivity index (χ0v) is 27.3. The number of Topliss-reactive ketones (excluding diaryl/α,β-unsaturated/α-hetero) is 1. The highest BCUT2D eigenvalue weighted by molar-refractivity contribution is 6.02. The molecule has 2 aliphatic rings. The van der Waals surface area contributed by atoms with Crippen molar-refractivity contribution < 1.29 is 70.7 Å². The molecule has 2 aliphatic carbocycles. The molecule has 1 aromatic rings. The molecule has 0 aliphatic heterocycles. The van der Waals surface area contributed by atoms with Crippen LogP contribution in [0.4, 0.5) is 65.9 Å². The van der Waals surface area contributed by atoms with E-state index in [0.29, 0.717) is 48.3 Å². The van der Waals surface area contributed by atoms with E-state index in [1.807, 2.05) is 0 Å². The molecule has 0 bridgehead atoms. The van der Waals surface area contributed by atoms with Gasteiger partial charge in [0.25, 0.3) is 0 Å². The van der Waals surface area contributed by atoms with Gasteiger partial charge in [-0.15, -0.1) is 0 Å². The number of hydrogen-bond donors (Lipinski definition) is 0. The second kappa shape index (κ2) is 15.4. The first-order valence-electron chi connectivity index (χ1n) is 16.8. The van der Waals surface area contributed by atoms with Gasteiger partial charge in [0.15, 0.2) is 0 Å². The van der Waals surface area contributed by atoms with E-state index >= 15 is 0 Å². The average molecular weight is 751 g/mol.